The second kappa shape index (κ2) is 11.8. The average Bonchev–Trinajstić information content (AvgIpc) is 3.58. The minimum Gasteiger partial charge on any atom is -0.493 e. The smallest absolute Gasteiger partial charge is 0.247 e. The second-order valence-electron chi connectivity index (χ2n) is 8.61. The van der Waals surface area contributed by atoms with E-state index >= 15 is 0 Å². The van der Waals surface area contributed by atoms with E-state index in [0.29, 0.717) is 17.1 Å². The summed E-state index contributed by atoms with van der Waals surface area (Å²) in [4.78, 5) is 34.5. The van der Waals surface area contributed by atoms with Gasteiger partial charge in [-0.05, 0) is 42.0 Å². The number of hydrogen-bond acceptors (Lipinski definition) is 6. The lowest BCUT2D eigenvalue weighted by Crippen LogP contribution is -2.46. The van der Waals surface area contributed by atoms with E-state index in [1.807, 2.05) is 41.8 Å². The number of thiophene rings is 1. The zero-order valence-corrected chi connectivity index (χ0v) is 20.9. The summed E-state index contributed by atoms with van der Waals surface area (Å²) in [5, 5.41) is 5.15. The summed E-state index contributed by atoms with van der Waals surface area (Å²) in [6, 6.07) is 12.2. The van der Waals surface area contributed by atoms with Gasteiger partial charge in [-0.2, -0.15) is 0 Å². The number of carbonyl (C=O) groups excluding carboxylic acids is 2. The minimum absolute atomic E-state index is 0.106. The number of para-hydroxylation sites is 1. The molecule has 1 N–H and O–H groups in total. The molecule has 0 unspecified atom stereocenters. The Bertz CT molecular complexity index is 1110. The molecular formula is C27H31N3O4S. The SMILES string of the molecule is COc1cccc([C@@H](C(=O)NC2CCCC2)N(Cc2cccnc2)C(=O)Cc2cccs2)c1OC. The molecule has 1 aromatic carbocycles. The zero-order chi connectivity index (χ0) is 24.6. The van der Waals surface area contributed by atoms with E-state index < -0.39 is 6.04 Å². The summed E-state index contributed by atoms with van der Waals surface area (Å²) in [7, 11) is 3.11. The van der Waals surface area contributed by atoms with Crippen LogP contribution in [0.5, 0.6) is 11.5 Å². The van der Waals surface area contributed by atoms with Crippen LogP contribution < -0.4 is 14.8 Å². The molecular weight excluding hydrogens is 462 g/mol. The molecule has 8 heteroatoms. The molecule has 0 radical (unpaired) electrons. The standard InChI is InChI=1S/C27H31N3O4S/c1-33-23-13-5-12-22(26(23)34-2)25(27(32)29-20-9-3-4-10-20)30(18-19-8-6-14-28-17-19)24(31)16-21-11-7-15-35-21/h5-8,11-15,17,20,25H,3-4,9-10,16,18H2,1-2H3,(H,29,32)/t25-/m0/s1. The maximum atomic E-state index is 13.9. The van der Waals surface area contributed by atoms with Gasteiger partial charge in [-0.3, -0.25) is 14.6 Å². The largest absolute Gasteiger partial charge is 0.493 e. The number of nitrogens with one attached hydrogen (secondary N) is 1. The molecule has 0 aliphatic heterocycles. The number of carbonyl (C=O) groups is 2. The summed E-state index contributed by atoms with van der Waals surface area (Å²) >= 11 is 1.53. The predicted octanol–water partition coefficient (Wildman–Crippen LogP) is 4.53. The Morgan fingerprint density at radius 2 is 1.94 bits per heavy atom. The van der Waals surface area contributed by atoms with Crippen molar-refractivity contribution in [2.45, 2.75) is 50.7 Å². The Morgan fingerprint density at radius 1 is 1.11 bits per heavy atom. The number of methoxy groups -OCH3 is 2. The topological polar surface area (TPSA) is 80.8 Å². The molecule has 7 nitrogen and oxygen atoms in total. The number of ether oxygens (including phenoxy) is 2. The monoisotopic (exact) mass is 493 g/mol. The van der Waals surface area contributed by atoms with Gasteiger partial charge in [-0.15, -0.1) is 11.3 Å². The van der Waals surface area contributed by atoms with E-state index in [0.717, 1.165) is 36.1 Å². The van der Waals surface area contributed by atoms with Gasteiger partial charge in [-0.25, -0.2) is 0 Å². The van der Waals surface area contributed by atoms with Crippen LogP contribution in [0.25, 0.3) is 0 Å². The summed E-state index contributed by atoms with van der Waals surface area (Å²) in [5.74, 6) is 0.594. The third kappa shape index (κ3) is 6.00. The average molecular weight is 494 g/mol. The highest BCUT2D eigenvalue weighted by Gasteiger charge is 2.36. The first kappa shape index (κ1) is 24.7. The first-order chi connectivity index (χ1) is 17.1. The summed E-state index contributed by atoms with van der Waals surface area (Å²) in [5.41, 5.74) is 1.43. The number of amides is 2. The molecule has 2 amide bonds. The van der Waals surface area contributed by atoms with E-state index in [1.165, 1.54) is 11.3 Å². The fraction of sp³-hybridized carbons (Fsp3) is 0.370. The fourth-order valence-electron chi connectivity index (χ4n) is 4.60. The minimum atomic E-state index is -0.895. The van der Waals surface area contributed by atoms with E-state index in [1.54, 1.807) is 37.6 Å². The molecule has 1 saturated carbocycles. The Kier molecular flexibility index (Phi) is 8.36. The molecule has 1 atom stereocenters. The molecule has 2 aromatic heterocycles. The molecule has 1 aliphatic rings. The van der Waals surface area contributed by atoms with E-state index in [2.05, 4.69) is 10.3 Å². The van der Waals surface area contributed by atoms with Gasteiger partial charge in [0.1, 0.15) is 6.04 Å². The van der Waals surface area contributed by atoms with Crippen molar-refractivity contribution in [2.75, 3.05) is 14.2 Å². The van der Waals surface area contributed by atoms with Gasteiger partial charge in [0.05, 0.1) is 20.6 Å². The summed E-state index contributed by atoms with van der Waals surface area (Å²) in [6.07, 6.45) is 7.69. The molecule has 0 bridgehead atoms. The summed E-state index contributed by atoms with van der Waals surface area (Å²) < 4.78 is 11.2. The number of pyridine rings is 1. The highest BCUT2D eigenvalue weighted by Crippen LogP contribution is 2.38. The normalized spacial score (nSPS) is 14.3. The predicted molar refractivity (Wildman–Crippen MR) is 135 cm³/mol. The molecule has 35 heavy (non-hydrogen) atoms. The fourth-order valence-corrected chi connectivity index (χ4v) is 5.30. The molecule has 184 valence electrons. The lowest BCUT2D eigenvalue weighted by molar-refractivity contribution is -0.141. The molecule has 4 rings (SSSR count). The Morgan fingerprint density at radius 3 is 2.60 bits per heavy atom. The Balaban J connectivity index is 1.78. The van der Waals surface area contributed by atoms with Crippen LogP contribution in [-0.2, 0) is 22.6 Å². The molecule has 1 fully saturated rings. The first-order valence-electron chi connectivity index (χ1n) is 11.8. The third-order valence-electron chi connectivity index (χ3n) is 6.29. The van der Waals surface area contributed by atoms with E-state index in [9.17, 15) is 9.59 Å². The molecule has 0 spiro atoms. The quantitative estimate of drug-likeness (QED) is 0.449. The van der Waals surface area contributed by atoms with Crippen LogP contribution >= 0.6 is 11.3 Å². The molecule has 0 saturated heterocycles. The number of rotatable bonds is 10. The number of aromatic nitrogens is 1. The number of benzene rings is 1. The van der Waals surface area contributed by atoms with Crippen LogP contribution in [0.4, 0.5) is 0 Å². The number of hydrogen-bond donors (Lipinski definition) is 1. The van der Waals surface area contributed by atoms with Gasteiger partial charge in [0.25, 0.3) is 0 Å². The zero-order valence-electron chi connectivity index (χ0n) is 20.1. The lowest BCUT2D eigenvalue weighted by Gasteiger charge is -2.33. The van der Waals surface area contributed by atoms with Gasteiger partial charge < -0.3 is 19.7 Å². The van der Waals surface area contributed by atoms with Gasteiger partial charge >= 0.3 is 0 Å². The van der Waals surface area contributed by atoms with Crippen LogP contribution in [0.3, 0.4) is 0 Å². The summed E-state index contributed by atoms with van der Waals surface area (Å²) in [6.45, 7) is 0.237. The maximum Gasteiger partial charge on any atom is 0.247 e. The van der Waals surface area contributed by atoms with Crippen molar-refractivity contribution < 1.29 is 19.1 Å². The van der Waals surface area contributed by atoms with Crippen molar-refractivity contribution in [3.63, 3.8) is 0 Å². The van der Waals surface area contributed by atoms with Crippen LogP contribution in [0.1, 0.15) is 47.7 Å². The highest BCUT2D eigenvalue weighted by molar-refractivity contribution is 7.10. The van der Waals surface area contributed by atoms with Gasteiger partial charge in [0.15, 0.2) is 11.5 Å². The van der Waals surface area contributed by atoms with Crippen molar-refractivity contribution in [3.8, 4) is 11.5 Å². The van der Waals surface area contributed by atoms with Gasteiger partial charge in [0, 0.05) is 35.4 Å². The number of nitrogens with zero attached hydrogens (tertiary/aromatic N) is 2. The maximum absolute atomic E-state index is 13.9. The molecule has 3 aromatic rings. The first-order valence-corrected chi connectivity index (χ1v) is 12.7. The Hall–Kier alpha value is -3.39. The van der Waals surface area contributed by atoms with Crippen molar-refractivity contribution >= 4 is 23.2 Å². The van der Waals surface area contributed by atoms with E-state index in [4.69, 9.17) is 9.47 Å². The second-order valence-corrected chi connectivity index (χ2v) is 9.65. The van der Waals surface area contributed by atoms with Crippen molar-refractivity contribution in [1.29, 1.82) is 0 Å². The van der Waals surface area contributed by atoms with E-state index in [-0.39, 0.29) is 30.8 Å². The van der Waals surface area contributed by atoms with Crippen LogP contribution in [0, 0.1) is 0 Å². The lowest BCUT2D eigenvalue weighted by atomic mass is 10.00. The third-order valence-corrected chi connectivity index (χ3v) is 7.17. The van der Waals surface area contributed by atoms with Crippen molar-refractivity contribution in [1.82, 2.24) is 15.2 Å². The van der Waals surface area contributed by atoms with Crippen molar-refractivity contribution in [3.05, 3.63) is 76.2 Å². The van der Waals surface area contributed by atoms with Gasteiger partial charge in [0.2, 0.25) is 11.8 Å². The van der Waals surface area contributed by atoms with Gasteiger partial charge in [-0.1, -0.05) is 37.1 Å². The van der Waals surface area contributed by atoms with Crippen LogP contribution in [0.2, 0.25) is 0 Å². The van der Waals surface area contributed by atoms with Crippen LogP contribution in [-0.4, -0.2) is 42.0 Å². The molecule has 2 heterocycles. The van der Waals surface area contributed by atoms with Crippen molar-refractivity contribution in [2.24, 2.45) is 0 Å². The highest BCUT2D eigenvalue weighted by atomic mass is 32.1. The Labute approximate surface area is 210 Å². The molecule has 1 aliphatic carbocycles. The van der Waals surface area contributed by atoms with Crippen LogP contribution in [0.15, 0.2) is 60.2 Å².